The summed E-state index contributed by atoms with van der Waals surface area (Å²) in [6.07, 6.45) is -2.10. The number of aromatic nitrogens is 2. The maximum atomic E-state index is 12.6. The van der Waals surface area contributed by atoms with Crippen LogP contribution in [0.25, 0.3) is 21.8 Å². The van der Waals surface area contributed by atoms with E-state index in [1.807, 2.05) is 36.9 Å². The first-order chi connectivity index (χ1) is 15.1. The third kappa shape index (κ3) is 4.55. The van der Waals surface area contributed by atoms with E-state index in [0.717, 1.165) is 33.2 Å². The molecule has 0 spiro atoms. The van der Waals surface area contributed by atoms with E-state index in [-0.39, 0.29) is 24.6 Å². The van der Waals surface area contributed by atoms with Crippen LogP contribution in [0.1, 0.15) is 23.2 Å². The number of carbonyl (C=O) groups is 1. The van der Waals surface area contributed by atoms with Gasteiger partial charge in [-0.25, -0.2) is 0 Å². The number of halogens is 4. The molecule has 0 aliphatic rings. The Morgan fingerprint density at radius 1 is 1.19 bits per heavy atom. The van der Waals surface area contributed by atoms with Crippen LogP contribution >= 0.6 is 11.6 Å². The number of carbonyl (C=O) groups excluding carboxylic acids is 1. The van der Waals surface area contributed by atoms with Crippen molar-refractivity contribution in [3.05, 3.63) is 64.4 Å². The van der Waals surface area contributed by atoms with Gasteiger partial charge in [0.1, 0.15) is 5.75 Å². The number of hydrogen-bond acceptors (Lipinski definition) is 2. The van der Waals surface area contributed by atoms with Crippen molar-refractivity contribution in [3.63, 3.8) is 0 Å². The van der Waals surface area contributed by atoms with Crippen molar-refractivity contribution in [2.45, 2.75) is 32.7 Å². The van der Waals surface area contributed by atoms with Gasteiger partial charge >= 0.3 is 6.36 Å². The van der Waals surface area contributed by atoms with E-state index >= 15 is 0 Å². The number of fused-ring (bicyclic) bond motifs is 2. The summed E-state index contributed by atoms with van der Waals surface area (Å²) in [5, 5.41) is 5.10. The van der Waals surface area contributed by atoms with Gasteiger partial charge in [0.2, 0.25) is 5.91 Å². The van der Waals surface area contributed by atoms with Crippen molar-refractivity contribution in [1.29, 1.82) is 0 Å². The van der Waals surface area contributed by atoms with Gasteiger partial charge in [-0.15, -0.1) is 13.2 Å². The van der Waals surface area contributed by atoms with Gasteiger partial charge in [-0.1, -0.05) is 11.6 Å². The number of rotatable bonds is 6. The molecule has 1 amide bonds. The van der Waals surface area contributed by atoms with Crippen LogP contribution in [-0.4, -0.2) is 21.8 Å². The van der Waals surface area contributed by atoms with E-state index in [4.69, 9.17) is 11.6 Å². The highest BCUT2D eigenvalue weighted by atomic mass is 35.5. The molecule has 5 nitrogen and oxygen atoms in total. The number of aromatic amines is 1. The van der Waals surface area contributed by atoms with E-state index in [1.165, 1.54) is 12.1 Å². The first-order valence-electron chi connectivity index (χ1n) is 9.98. The second kappa shape index (κ2) is 8.43. The molecular weight excluding hydrogens is 443 g/mol. The van der Waals surface area contributed by atoms with Crippen molar-refractivity contribution < 1.29 is 22.7 Å². The Balaban J connectivity index is 1.47. The minimum Gasteiger partial charge on any atom is -0.406 e. The summed E-state index contributed by atoms with van der Waals surface area (Å²) in [6.45, 7) is 2.07. The summed E-state index contributed by atoms with van der Waals surface area (Å²) in [5.74, 6) is -0.443. The second-order valence-electron chi connectivity index (χ2n) is 7.63. The zero-order valence-electron chi connectivity index (χ0n) is 17.4. The largest absolute Gasteiger partial charge is 0.573 e. The third-order valence-electron chi connectivity index (χ3n) is 5.64. The summed E-state index contributed by atoms with van der Waals surface area (Å²) in [6, 6.07) is 9.77. The molecule has 0 atom stereocenters. The molecule has 2 aromatic heterocycles. The van der Waals surface area contributed by atoms with E-state index < -0.39 is 6.36 Å². The van der Waals surface area contributed by atoms with Gasteiger partial charge in [0.25, 0.3) is 0 Å². The molecule has 32 heavy (non-hydrogen) atoms. The molecule has 0 saturated heterocycles. The highest BCUT2D eigenvalue weighted by Crippen LogP contribution is 2.31. The molecule has 0 radical (unpaired) electrons. The van der Waals surface area contributed by atoms with Crippen molar-refractivity contribution in [3.8, 4) is 5.75 Å². The molecule has 4 aromatic rings. The summed E-state index contributed by atoms with van der Waals surface area (Å²) in [4.78, 5) is 15.7. The van der Waals surface area contributed by atoms with Crippen LogP contribution in [0.3, 0.4) is 0 Å². The molecule has 4 rings (SSSR count). The maximum Gasteiger partial charge on any atom is 0.573 e. The fraction of sp³-hybridized carbons (Fsp3) is 0.261. The molecular formula is C23H21ClF3N3O2. The Bertz CT molecular complexity index is 1310. The summed E-state index contributed by atoms with van der Waals surface area (Å²) >= 11 is 6.07. The van der Waals surface area contributed by atoms with E-state index in [2.05, 4.69) is 15.0 Å². The molecule has 2 heterocycles. The molecule has 0 aliphatic carbocycles. The number of amides is 1. The fourth-order valence-corrected chi connectivity index (χ4v) is 4.10. The molecule has 9 heteroatoms. The van der Waals surface area contributed by atoms with E-state index in [1.54, 1.807) is 12.1 Å². The van der Waals surface area contributed by atoms with Gasteiger partial charge < -0.3 is 19.6 Å². The van der Waals surface area contributed by atoms with Crippen LogP contribution < -0.4 is 10.1 Å². The molecule has 2 aromatic carbocycles. The highest BCUT2D eigenvalue weighted by Gasteiger charge is 2.31. The molecule has 0 unspecified atom stereocenters. The minimum absolute atomic E-state index is 0.152. The van der Waals surface area contributed by atoms with Crippen LogP contribution in [0.2, 0.25) is 5.02 Å². The average Bonchev–Trinajstić information content (AvgIpc) is 3.22. The maximum absolute atomic E-state index is 12.6. The summed E-state index contributed by atoms with van der Waals surface area (Å²) in [5.41, 5.74) is 4.32. The number of aryl methyl sites for hydroxylation is 2. The van der Waals surface area contributed by atoms with Crippen molar-refractivity contribution in [2.75, 3.05) is 0 Å². The standard InChI is InChI=1S/C23H21ClF3N3O2/c1-13-19(18-10-16(32-23(25,26)27)5-7-21(18)30(13)2)12-29-22(31)8-3-14-11-28-20-6-4-15(24)9-17(14)20/h4-7,9-11,28H,3,8,12H2,1-2H3,(H,29,31). The van der Waals surface area contributed by atoms with Gasteiger partial charge in [-0.05, 0) is 60.9 Å². The SMILES string of the molecule is Cc1c(CNC(=O)CCc2c[nH]c3ccc(Cl)cc23)c2cc(OC(F)(F)F)ccc2n1C. The van der Waals surface area contributed by atoms with Crippen molar-refractivity contribution in [2.24, 2.45) is 7.05 Å². The van der Waals surface area contributed by atoms with E-state index in [9.17, 15) is 18.0 Å². The van der Waals surface area contributed by atoms with Crippen molar-refractivity contribution >= 4 is 39.3 Å². The van der Waals surface area contributed by atoms with Gasteiger partial charge in [0.15, 0.2) is 0 Å². The fourth-order valence-electron chi connectivity index (χ4n) is 3.93. The zero-order chi connectivity index (χ0) is 23.0. The highest BCUT2D eigenvalue weighted by molar-refractivity contribution is 6.31. The number of alkyl halides is 3. The lowest BCUT2D eigenvalue weighted by atomic mass is 10.1. The predicted octanol–water partition coefficient (Wildman–Crippen LogP) is 5.77. The second-order valence-corrected chi connectivity index (χ2v) is 8.07. The first kappa shape index (κ1) is 22.1. The van der Waals surface area contributed by atoms with Gasteiger partial charge in [0, 0.05) is 58.7 Å². The van der Waals surface area contributed by atoms with Crippen LogP contribution in [0, 0.1) is 6.92 Å². The van der Waals surface area contributed by atoms with Crippen LogP contribution in [0.4, 0.5) is 13.2 Å². The summed E-state index contributed by atoms with van der Waals surface area (Å²) in [7, 11) is 1.83. The lowest BCUT2D eigenvalue weighted by Crippen LogP contribution is -2.23. The number of ether oxygens (including phenoxy) is 1. The predicted molar refractivity (Wildman–Crippen MR) is 118 cm³/mol. The lowest BCUT2D eigenvalue weighted by molar-refractivity contribution is -0.274. The first-order valence-corrected chi connectivity index (χ1v) is 10.4. The molecule has 0 aliphatic heterocycles. The quantitative estimate of drug-likeness (QED) is 0.381. The topological polar surface area (TPSA) is 59.1 Å². The number of H-pyrrole nitrogens is 1. The molecule has 0 bridgehead atoms. The Morgan fingerprint density at radius 3 is 2.72 bits per heavy atom. The monoisotopic (exact) mass is 463 g/mol. The minimum atomic E-state index is -4.77. The van der Waals surface area contributed by atoms with Crippen LogP contribution in [0.15, 0.2) is 42.6 Å². The number of nitrogens with one attached hydrogen (secondary N) is 2. The Labute approximate surface area is 187 Å². The van der Waals surface area contributed by atoms with Crippen LogP contribution in [-0.2, 0) is 24.8 Å². The third-order valence-corrected chi connectivity index (χ3v) is 5.88. The normalized spacial score (nSPS) is 11.9. The van der Waals surface area contributed by atoms with Gasteiger partial charge in [-0.2, -0.15) is 0 Å². The Morgan fingerprint density at radius 2 is 1.97 bits per heavy atom. The zero-order valence-corrected chi connectivity index (χ0v) is 18.2. The average molecular weight is 464 g/mol. The Kier molecular flexibility index (Phi) is 5.81. The smallest absolute Gasteiger partial charge is 0.406 e. The molecule has 0 saturated carbocycles. The number of nitrogens with zero attached hydrogens (tertiary/aromatic N) is 1. The van der Waals surface area contributed by atoms with Gasteiger partial charge in [0.05, 0.1) is 0 Å². The number of hydrogen-bond donors (Lipinski definition) is 2. The Hall–Kier alpha value is -3.13. The number of benzene rings is 2. The van der Waals surface area contributed by atoms with Crippen LogP contribution in [0.5, 0.6) is 5.75 Å². The van der Waals surface area contributed by atoms with Gasteiger partial charge in [-0.3, -0.25) is 4.79 Å². The summed E-state index contributed by atoms with van der Waals surface area (Å²) < 4.78 is 43.8. The molecule has 2 N–H and O–H groups in total. The van der Waals surface area contributed by atoms with E-state index in [0.29, 0.717) is 16.8 Å². The molecule has 168 valence electrons. The van der Waals surface area contributed by atoms with Crippen molar-refractivity contribution in [1.82, 2.24) is 14.9 Å². The molecule has 0 fully saturated rings. The lowest BCUT2D eigenvalue weighted by Gasteiger charge is -2.09.